The number of ether oxygens (including phenoxy) is 1. The molecule has 0 amide bonds. The highest BCUT2D eigenvalue weighted by Gasteiger charge is 2.11. The topological polar surface area (TPSA) is 21.3 Å². The molecule has 0 aliphatic carbocycles. The molecule has 3 heteroatoms. The summed E-state index contributed by atoms with van der Waals surface area (Å²) in [6.07, 6.45) is 2.33. The van der Waals surface area contributed by atoms with E-state index in [0.29, 0.717) is 10.9 Å². The maximum absolute atomic E-state index is 6.21. The largest absolute Gasteiger partial charge is 0.488 e. The number of hydrogen-bond acceptors (Lipinski definition) is 2. The lowest BCUT2D eigenvalue weighted by molar-refractivity contribution is 0.185. The van der Waals surface area contributed by atoms with E-state index in [2.05, 4.69) is 26.1 Å². The third-order valence-electron chi connectivity index (χ3n) is 2.92. The molecule has 1 rings (SSSR count). The minimum absolute atomic E-state index is 0.184. The van der Waals surface area contributed by atoms with Crippen LogP contribution in [0.1, 0.15) is 39.2 Å². The quantitative estimate of drug-likeness (QED) is 0.761. The Kier molecular flexibility index (Phi) is 7.25. The van der Waals surface area contributed by atoms with E-state index in [4.69, 9.17) is 16.3 Å². The second kappa shape index (κ2) is 8.44. The van der Waals surface area contributed by atoms with Crippen LogP contribution >= 0.6 is 11.6 Å². The van der Waals surface area contributed by atoms with Gasteiger partial charge >= 0.3 is 0 Å². The molecule has 1 aromatic rings. The fourth-order valence-electron chi connectivity index (χ4n) is 1.94. The first kappa shape index (κ1) is 16.3. The minimum Gasteiger partial charge on any atom is -0.488 e. The number of aryl methyl sites for hydroxylation is 1. The highest BCUT2D eigenvalue weighted by molar-refractivity contribution is 6.32. The van der Waals surface area contributed by atoms with Crippen LogP contribution in [0.5, 0.6) is 5.75 Å². The third-order valence-corrected chi connectivity index (χ3v) is 3.21. The molecule has 2 nitrogen and oxygen atoms in total. The molecule has 0 spiro atoms. The molecule has 0 heterocycles. The Balaban J connectivity index is 2.56. The molecule has 0 saturated heterocycles. The second-order valence-corrected chi connectivity index (χ2v) is 5.92. The van der Waals surface area contributed by atoms with Crippen molar-refractivity contribution in [2.24, 2.45) is 5.92 Å². The Hall–Kier alpha value is -0.730. The summed E-state index contributed by atoms with van der Waals surface area (Å²) in [6, 6.07) is 5.94. The third kappa shape index (κ3) is 6.31. The van der Waals surface area contributed by atoms with E-state index in [1.54, 1.807) is 0 Å². The van der Waals surface area contributed by atoms with Gasteiger partial charge < -0.3 is 10.1 Å². The van der Waals surface area contributed by atoms with Crippen LogP contribution < -0.4 is 10.1 Å². The van der Waals surface area contributed by atoms with Crippen LogP contribution in [0, 0.1) is 12.8 Å². The predicted molar refractivity (Wildman–Crippen MR) is 83.2 cm³/mol. The van der Waals surface area contributed by atoms with Crippen molar-refractivity contribution in [2.75, 3.05) is 13.1 Å². The molecule has 0 aliphatic rings. The average Bonchev–Trinajstić information content (AvgIpc) is 2.32. The molecule has 0 saturated carbocycles. The molecular weight excluding hydrogens is 258 g/mol. The molecule has 1 N–H and O–H groups in total. The molecule has 108 valence electrons. The molecule has 0 radical (unpaired) electrons. The highest BCUT2D eigenvalue weighted by atomic mass is 35.5. The zero-order valence-corrected chi connectivity index (χ0v) is 13.3. The summed E-state index contributed by atoms with van der Waals surface area (Å²) in [5.41, 5.74) is 1.15. The Labute approximate surface area is 122 Å². The van der Waals surface area contributed by atoms with E-state index in [-0.39, 0.29) is 6.10 Å². The summed E-state index contributed by atoms with van der Waals surface area (Å²) in [5.74, 6) is 1.45. The Bertz CT molecular complexity index is 379. The van der Waals surface area contributed by atoms with Gasteiger partial charge in [0.05, 0.1) is 5.02 Å². The number of nitrogens with one attached hydrogen (secondary N) is 1. The standard InChI is InChI=1S/C16H26ClNO/c1-5-6-14(11-18-10-12(2)3)19-16-8-7-13(4)9-15(16)17/h7-9,12,14,18H,5-6,10-11H2,1-4H3. The van der Waals surface area contributed by atoms with Crippen molar-refractivity contribution < 1.29 is 4.74 Å². The molecule has 0 aromatic heterocycles. The van der Waals surface area contributed by atoms with Gasteiger partial charge in [0, 0.05) is 6.54 Å². The minimum atomic E-state index is 0.184. The van der Waals surface area contributed by atoms with Gasteiger partial charge in [0.25, 0.3) is 0 Å². The van der Waals surface area contributed by atoms with Crippen molar-refractivity contribution in [1.29, 1.82) is 0 Å². The molecule has 1 aromatic carbocycles. The van der Waals surface area contributed by atoms with Crippen LogP contribution in [0.25, 0.3) is 0 Å². The number of halogens is 1. The van der Waals surface area contributed by atoms with Crippen LogP contribution in [0.15, 0.2) is 18.2 Å². The lowest BCUT2D eigenvalue weighted by Gasteiger charge is -2.20. The molecule has 19 heavy (non-hydrogen) atoms. The average molecular weight is 284 g/mol. The van der Waals surface area contributed by atoms with E-state index in [9.17, 15) is 0 Å². The molecule has 0 bridgehead atoms. The number of benzene rings is 1. The Morgan fingerprint density at radius 3 is 2.58 bits per heavy atom. The normalized spacial score (nSPS) is 12.7. The summed E-state index contributed by atoms with van der Waals surface area (Å²) in [5, 5.41) is 4.15. The van der Waals surface area contributed by atoms with Crippen LogP contribution in [0.3, 0.4) is 0 Å². The summed E-state index contributed by atoms with van der Waals surface area (Å²) in [7, 11) is 0. The van der Waals surface area contributed by atoms with E-state index in [0.717, 1.165) is 37.2 Å². The van der Waals surface area contributed by atoms with E-state index in [1.165, 1.54) is 0 Å². The summed E-state index contributed by atoms with van der Waals surface area (Å²) < 4.78 is 6.03. The van der Waals surface area contributed by atoms with Crippen molar-refractivity contribution in [3.63, 3.8) is 0 Å². The van der Waals surface area contributed by atoms with Crippen molar-refractivity contribution in [1.82, 2.24) is 5.32 Å². The monoisotopic (exact) mass is 283 g/mol. The van der Waals surface area contributed by atoms with E-state index < -0.39 is 0 Å². The summed E-state index contributed by atoms with van der Waals surface area (Å²) >= 11 is 6.21. The van der Waals surface area contributed by atoms with E-state index in [1.807, 2.05) is 25.1 Å². The van der Waals surface area contributed by atoms with Crippen molar-refractivity contribution >= 4 is 11.6 Å². The zero-order valence-electron chi connectivity index (χ0n) is 12.5. The SMILES string of the molecule is CCCC(CNCC(C)C)Oc1ccc(C)cc1Cl. The Morgan fingerprint density at radius 2 is 2.00 bits per heavy atom. The van der Waals surface area contributed by atoms with Gasteiger partial charge in [-0.05, 0) is 43.5 Å². The van der Waals surface area contributed by atoms with Crippen LogP contribution in [-0.4, -0.2) is 19.2 Å². The van der Waals surface area contributed by atoms with Crippen LogP contribution in [0.2, 0.25) is 5.02 Å². The van der Waals surface area contributed by atoms with Gasteiger partial charge in [-0.25, -0.2) is 0 Å². The number of hydrogen-bond donors (Lipinski definition) is 1. The maximum atomic E-state index is 6.21. The van der Waals surface area contributed by atoms with Gasteiger partial charge in [-0.15, -0.1) is 0 Å². The maximum Gasteiger partial charge on any atom is 0.138 e. The zero-order chi connectivity index (χ0) is 14.3. The van der Waals surface area contributed by atoms with Gasteiger partial charge in [-0.2, -0.15) is 0 Å². The van der Waals surface area contributed by atoms with Gasteiger partial charge in [-0.1, -0.05) is 44.9 Å². The fourth-order valence-corrected chi connectivity index (χ4v) is 2.22. The lowest BCUT2D eigenvalue weighted by Crippen LogP contribution is -2.33. The van der Waals surface area contributed by atoms with Gasteiger partial charge in [0.15, 0.2) is 0 Å². The van der Waals surface area contributed by atoms with Crippen LogP contribution in [-0.2, 0) is 0 Å². The smallest absolute Gasteiger partial charge is 0.138 e. The first-order chi connectivity index (χ1) is 9.02. The molecule has 0 aliphatic heterocycles. The van der Waals surface area contributed by atoms with Crippen LogP contribution in [0.4, 0.5) is 0 Å². The summed E-state index contributed by atoms with van der Waals surface area (Å²) in [6.45, 7) is 10.5. The molecular formula is C16H26ClNO. The predicted octanol–water partition coefficient (Wildman–Crippen LogP) is 4.44. The number of rotatable bonds is 8. The second-order valence-electron chi connectivity index (χ2n) is 5.51. The first-order valence-electron chi connectivity index (χ1n) is 7.16. The molecule has 1 atom stereocenters. The van der Waals surface area contributed by atoms with E-state index >= 15 is 0 Å². The Morgan fingerprint density at radius 1 is 1.26 bits per heavy atom. The first-order valence-corrected chi connectivity index (χ1v) is 7.54. The lowest BCUT2D eigenvalue weighted by atomic mass is 10.2. The van der Waals surface area contributed by atoms with Crippen molar-refractivity contribution in [2.45, 2.75) is 46.6 Å². The molecule has 0 fully saturated rings. The van der Waals surface area contributed by atoms with Gasteiger partial charge in [0.2, 0.25) is 0 Å². The summed E-state index contributed by atoms with van der Waals surface area (Å²) in [4.78, 5) is 0. The van der Waals surface area contributed by atoms with Gasteiger partial charge in [-0.3, -0.25) is 0 Å². The molecule has 1 unspecified atom stereocenters. The van der Waals surface area contributed by atoms with Crippen molar-refractivity contribution in [3.8, 4) is 5.75 Å². The highest BCUT2D eigenvalue weighted by Crippen LogP contribution is 2.26. The van der Waals surface area contributed by atoms with Gasteiger partial charge in [0.1, 0.15) is 11.9 Å². The van der Waals surface area contributed by atoms with Crippen molar-refractivity contribution in [3.05, 3.63) is 28.8 Å². The fraction of sp³-hybridized carbons (Fsp3) is 0.625.